The topological polar surface area (TPSA) is 61.8 Å². The highest BCUT2D eigenvalue weighted by molar-refractivity contribution is 5.69. The molecular formula is C9H12N4O2. The molecule has 0 fully saturated rings. The van der Waals surface area contributed by atoms with E-state index in [2.05, 4.69) is 4.98 Å². The standard InChI is InChI=1S/C9H12N4O2/c1-4-13-5-10-6-7(13)11(2)9(15)12(3)8(6)14/h5H,4H2,1-3H3. The maximum Gasteiger partial charge on any atom is 0.332 e. The van der Waals surface area contributed by atoms with E-state index in [0.717, 1.165) is 4.57 Å². The molecule has 0 bridgehead atoms. The fourth-order valence-corrected chi connectivity index (χ4v) is 1.67. The van der Waals surface area contributed by atoms with Crippen molar-refractivity contribution in [1.82, 2.24) is 18.7 Å². The highest BCUT2D eigenvalue weighted by atomic mass is 16.2. The lowest BCUT2D eigenvalue weighted by atomic mass is 10.5. The molecule has 0 atom stereocenters. The summed E-state index contributed by atoms with van der Waals surface area (Å²) in [5.74, 6) is 0. The van der Waals surface area contributed by atoms with Gasteiger partial charge in [0, 0.05) is 20.6 Å². The van der Waals surface area contributed by atoms with E-state index in [1.807, 2.05) is 6.92 Å². The van der Waals surface area contributed by atoms with Crippen LogP contribution in [0.2, 0.25) is 0 Å². The molecule has 0 unspecified atom stereocenters. The van der Waals surface area contributed by atoms with Gasteiger partial charge in [0.2, 0.25) is 0 Å². The molecule has 0 saturated carbocycles. The second-order valence-corrected chi connectivity index (χ2v) is 3.41. The first-order valence-corrected chi connectivity index (χ1v) is 4.68. The average Bonchev–Trinajstić information content (AvgIpc) is 2.67. The summed E-state index contributed by atoms with van der Waals surface area (Å²) in [5, 5.41) is 0. The zero-order valence-corrected chi connectivity index (χ0v) is 8.89. The van der Waals surface area contributed by atoms with Crippen molar-refractivity contribution in [3.8, 4) is 0 Å². The second-order valence-electron chi connectivity index (χ2n) is 3.41. The van der Waals surface area contributed by atoms with E-state index in [9.17, 15) is 9.59 Å². The minimum Gasteiger partial charge on any atom is -0.317 e. The van der Waals surface area contributed by atoms with E-state index in [1.54, 1.807) is 17.9 Å². The Morgan fingerprint density at radius 2 is 1.93 bits per heavy atom. The second kappa shape index (κ2) is 3.08. The summed E-state index contributed by atoms with van der Waals surface area (Å²) in [6, 6.07) is 0. The van der Waals surface area contributed by atoms with Gasteiger partial charge in [0.1, 0.15) is 5.65 Å². The van der Waals surface area contributed by atoms with Crippen LogP contribution in [0.4, 0.5) is 0 Å². The number of aryl methyl sites for hydroxylation is 2. The fraction of sp³-hybridized carbons (Fsp3) is 0.444. The summed E-state index contributed by atoms with van der Waals surface area (Å²) in [5.41, 5.74) is 0.232. The van der Waals surface area contributed by atoms with Gasteiger partial charge in [-0.2, -0.15) is 0 Å². The Labute approximate surface area is 85.4 Å². The third-order valence-corrected chi connectivity index (χ3v) is 2.55. The van der Waals surface area contributed by atoms with Gasteiger partial charge in [-0.15, -0.1) is 0 Å². The molecule has 2 heterocycles. The van der Waals surface area contributed by atoms with Gasteiger partial charge >= 0.3 is 5.69 Å². The van der Waals surface area contributed by atoms with Crippen molar-refractivity contribution in [3.05, 3.63) is 27.2 Å². The lowest BCUT2D eigenvalue weighted by molar-refractivity contribution is 0.681. The number of hydrogen-bond donors (Lipinski definition) is 0. The molecule has 0 aliphatic heterocycles. The van der Waals surface area contributed by atoms with Crippen LogP contribution < -0.4 is 11.2 Å². The van der Waals surface area contributed by atoms with Crippen molar-refractivity contribution in [3.63, 3.8) is 0 Å². The molecule has 0 N–H and O–H groups in total. The quantitative estimate of drug-likeness (QED) is 0.632. The lowest BCUT2D eigenvalue weighted by Crippen LogP contribution is -2.37. The van der Waals surface area contributed by atoms with Crippen molar-refractivity contribution in [2.24, 2.45) is 14.1 Å². The first-order valence-electron chi connectivity index (χ1n) is 4.68. The summed E-state index contributed by atoms with van der Waals surface area (Å²) in [4.78, 5) is 27.4. The number of imidazole rings is 1. The van der Waals surface area contributed by atoms with Crippen molar-refractivity contribution >= 4 is 11.2 Å². The third kappa shape index (κ3) is 1.14. The van der Waals surface area contributed by atoms with Gasteiger partial charge in [0.25, 0.3) is 5.56 Å². The Kier molecular flexibility index (Phi) is 1.99. The molecule has 0 radical (unpaired) electrons. The van der Waals surface area contributed by atoms with Crippen LogP contribution in [0.25, 0.3) is 11.2 Å². The zero-order valence-electron chi connectivity index (χ0n) is 8.89. The Hall–Kier alpha value is -1.85. The highest BCUT2D eigenvalue weighted by Crippen LogP contribution is 2.04. The molecule has 2 aromatic heterocycles. The van der Waals surface area contributed by atoms with Crippen LogP contribution >= 0.6 is 0 Å². The molecule has 0 aliphatic carbocycles. The molecule has 6 heteroatoms. The molecule has 0 spiro atoms. The monoisotopic (exact) mass is 208 g/mol. The van der Waals surface area contributed by atoms with Crippen molar-refractivity contribution in [2.75, 3.05) is 0 Å². The summed E-state index contributed by atoms with van der Waals surface area (Å²) in [6.07, 6.45) is 1.57. The molecule has 6 nitrogen and oxygen atoms in total. The molecule has 0 aliphatic rings. The molecule has 80 valence electrons. The summed E-state index contributed by atoms with van der Waals surface area (Å²) < 4.78 is 4.28. The van der Waals surface area contributed by atoms with Crippen LogP contribution in [0.1, 0.15) is 6.92 Å². The van der Waals surface area contributed by atoms with Crippen LogP contribution in [-0.2, 0) is 20.6 Å². The molecule has 2 aromatic rings. The Bertz CT molecular complexity index is 632. The van der Waals surface area contributed by atoms with Gasteiger partial charge in [0.05, 0.1) is 6.33 Å². The molecule has 0 aromatic carbocycles. The maximum absolute atomic E-state index is 11.7. The normalized spacial score (nSPS) is 11.1. The van der Waals surface area contributed by atoms with Crippen LogP contribution in [0.3, 0.4) is 0 Å². The lowest BCUT2D eigenvalue weighted by Gasteiger charge is -2.05. The summed E-state index contributed by atoms with van der Waals surface area (Å²) >= 11 is 0. The van der Waals surface area contributed by atoms with Gasteiger partial charge in [-0.25, -0.2) is 9.78 Å². The largest absolute Gasteiger partial charge is 0.332 e. The van der Waals surface area contributed by atoms with Gasteiger partial charge in [0.15, 0.2) is 5.52 Å². The number of hydrogen-bond acceptors (Lipinski definition) is 3. The predicted molar refractivity (Wildman–Crippen MR) is 55.9 cm³/mol. The third-order valence-electron chi connectivity index (χ3n) is 2.55. The smallest absolute Gasteiger partial charge is 0.317 e. The van der Waals surface area contributed by atoms with Crippen LogP contribution in [0, 0.1) is 0 Å². The van der Waals surface area contributed by atoms with E-state index < -0.39 is 0 Å². The van der Waals surface area contributed by atoms with E-state index in [0.29, 0.717) is 17.7 Å². The van der Waals surface area contributed by atoms with E-state index >= 15 is 0 Å². The van der Waals surface area contributed by atoms with Gasteiger partial charge in [-0.05, 0) is 6.92 Å². The zero-order chi connectivity index (χ0) is 11.2. The van der Waals surface area contributed by atoms with E-state index in [-0.39, 0.29) is 11.2 Å². The van der Waals surface area contributed by atoms with Crippen LogP contribution in [0.15, 0.2) is 15.9 Å². The first-order chi connectivity index (χ1) is 7.07. The van der Waals surface area contributed by atoms with E-state index in [1.165, 1.54) is 11.6 Å². The SMILES string of the molecule is CCn1cnc2c(=O)n(C)c(=O)n(C)c21. The number of fused-ring (bicyclic) bond motifs is 1. The van der Waals surface area contributed by atoms with Gasteiger partial charge < -0.3 is 4.57 Å². The van der Waals surface area contributed by atoms with E-state index in [4.69, 9.17) is 0 Å². The predicted octanol–water partition coefficient (Wildman–Crippen LogP) is -0.546. The Morgan fingerprint density at radius 3 is 2.53 bits per heavy atom. The first kappa shape index (κ1) is 9.70. The molecule has 0 amide bonds. The van der Waals surface area contributed by atoms with Crippen molar-refractivity contribution in [1.29, 1.82) is 0 Å². The number of aromatic nitrogens is 4. The summed E-state index contributed by atoms with van der Waals surface area (Å²) in [6.45, 7) is 2.61. The highest BCUT2D eigenvalue weighted by Gasteiger charge is 2.12. The minimum atomic E-state index is -0.347. The van der Waals surface area contributed by atoms with Crippen LogP contribution in [-0.4, -0.2) is 18.7 Å². The Morgan fingerprint density at radius 1 is 1.27 bits per heavy atom. The van der Waals surface area contributed by atoms with Crippen molar-refractivity contribution in [2.45, 2.75) is 13.5 Å². The maximum atomic E-state index is 11.7. The van der Waals surface area contributed by atoms with Crippen LogP contribution in [0.5, 0.6) is 0 Å². The fourth-order valence-electron chi connectivity index (χ4n) is 1.67. The van der Waals surface area contributed by atoms with Gasteiger partial charge in [-0.3, -0.25) is 13.9 Å². The summed E-state index contributed by atoms with van der Waals surface area (Å²) in [7, 11) is 3.09. The molecule has 2 rings (SSSR count). The minimum absolute atomic E-state index is 0.331. The molecule has 15 heavy (non-hydrogen) atoms. The Balaban J connectivity index is 3.11. The molecule has 0 saturated heterocycles. The molecular weight excluding hydrogens is 196 g/mol. The van der Waals surface area contributed by atoms with Gasteiger partial charge in [-0.1, -0.05) is 0 Å². The number of rotatable bonds is 1. The average molecular weight is 208 g/mol. The van der Waals surface area contributed by atoms with Crippen molar-refractivity contribution < 1.29 is 0 Å². The number of nitrogens with zero attached hydrogens (tertiary/aromatic N) is 4.